The number of hydrogen-bond acceptors (Lipinski definition) is 5. The Labute approximate surface area is 179 Å². The second kappa shape index (κ2) is 8.52. The lowest BCUT2D eigenvalue weighted by Crippen LogP contribution is -2.54. The topological polar surface area (TPSA) is 75.6 Å². The molecule has 1 spiro atoms. The van der Waals surface area contributed by atoms with Crippen LogP contribution in [-0.4, -0.2) is 52.9 Å². The van der Waals surface area contributed by atoms with Crippen LogP contribution in [0.15, 0.2) is 28.7 Å². The minimum Gasteiger partial charge on any atom is -0.445 e. The maximum atomic E-state index is 13.4. The third-order valence-corrected chi connectivity index (χ3v) is 7.08. The highest BCUT2D eigenvalue weighted by Crippen LogP contribution is 2.42. The average Bonchev–Trinajstić information content (AvgIpc) is 3.10. The molecule has 4 rings (SSSR count). The first-order valence-corrected chi connectivity index (χ1v) is 11.2. The summed E-state index contributed by atoms with van der Waals surface area (Å²) >= 11 is 0. The predicted octanol–water partition coefficient (Wildman–Crippen LogP) is 3.41. The van der Waals surface area contributed by atoms with E-state index >= 15 is 0 Å². The first kappa shape index (κ1) is 21.1. The molecule has 1 aromatic carbocycles. The van der Waals surface area contributed by atoms with Gasteiger partial charge in [0.2, 0.25) is 0 Å². The van der Waals surface area contributed by atoms with Crippen molar-refractivity contribution in [2.75, 3.05) is 26.2 Å². The summed E-state index contributed by atoms with van der Waals surface area (Å²) in [6.07, 6.45) is 4.31. The average molecular weight is 411 g/mol. The number of hydrogen-bond donors (Lipinski definition) is 1. The number of piperidine rings is 1. The molecular formula is C24H34N4O2. The molecule has 6 heteroatoms. The highest BCUT2D eigenvalue weighted by molar-refractivity contribution is 5.93. The number of carbonyl (C=O) groups is 1. The third-order valence-electron chi connectivity index (χ3n) is 7.08. The van der Waals surface area contributed by atoms with Gasteiger partial charge >= 0.3 is 0 Å². The van der Waals surface area contributed by atoms with Crippen molar-refractivity contribution in [3.05, 3.63) is 52.7 Å². The Bertz CT molecular complexity index is 898. The second-order valence-electron chi connectivity index (χ2n) is 8.91. The number of amides is 1. The van der Waals surface area contributed by atoms with Gasteiger partial charge in [-0.05, 0) is 63.4 Å². The van der Waals surface area contributed by atoms with Crippen LogP contribution in [-0.2, 0) is 12.0 Å². The van der Waals surface area contributed by atoms with Gasteiger partial charge in [-0.1, -0.05) is 31.2 Å². The number of aromatic nitrogens is 1. The smallest absolute Gasteiger partial charge is 0.276 e. The highest BCUT2D eigenvalue weighted by atomic mass is 16.4. The minimum atomic E-state index is -0.0183. The number of fused-ring (bicyclic) bond motifs is 2. The molecule has 1 atom stereocenters. The zero-order valence-corrected chi connectivity index (χ0v) is 18.5. The standard InChI is InChI=1S/C24H34N4O2/c1-4-20(9-12-25)27-13-10-24(11-14-27)16-28(15-19-7-5-6-8-21(19)24)23(29)22-17(2)30-18(3)26-22/h5-8,20H,4,9-16,25H2,1-3H3. The van der Waals surface area contributed by atoms with Gasteiger partial charge in [0.25, 0.3) is 5.91 Å². The van der Waals surface area contributed by atoms with Crippen LogP contribution in [0.25, 0.3) is 0 Å². The number of benzene rings is 1. The van der Waals surface area contributed by atoms with E-state index in [9.17, 15) is 4.79 Å². The van der Waals surface area contributed by atoms with Crippen molar-refractivity contribution in [1.29, 1.82) is 0 Å². The van der Waals surface area contributed by atoms with Crippen molar-refractivity contribution >= 4 is 5.91 Å². The molecule has 1 fully saturated rings. The first-order chi connectivity index (χ1) is 14.5. The SMILES string of the molecule is CCC(CCN)N1CCC2(CC1)CN(C(=O)c1nc(C)oc1C)Cc1ccccc12. The Morgan fingerprint density at radius 3 is 2.63 bits per heavy atom. The molecule has 1 saturated heterocycles. The summed E-state index contributed by atoms with van der Waals surface area (Å²) in [7, 11) is 0. The van der Waals surface area contributed by atoms with Gasteiger partial charge < -0.3 is 20.0 Å². The number of rotatable bonds is 5. The lowest BCUT2D eigenvalue weighted by atomic mass is 9.68. The van der Waals surface area contributed by atoms with Crippen molar-refractivity contribution in [2.45, 2.75) is 64.5 Å². The molecule has 1 aromatic heterocycles. The molecular weight excluding hydrogens is 376 g/mol. The van der Waals surface area contributed by atoms with E-state index in [1.807, 2.05) is 11.8 Å². The van der Waals surface area contributed by atoms with E-state index in [4.69, 9.17) is 10.2 Å². The van der Waals surface area contributed by atoms with Crippen LogP contribution in [0.5, 0.6) is 0 Å². The Balaban J connectivity index is 1.60. The number of carbonyl (C=O) groups excluding carboxylic acids is 1. The van der Waals surface area contributed by atoms with Crippen LogP contribution < -0.4 is 5.73 Å². The van der Waals surface area contributed by atoms with Crippen LogP contribution >= 0.6 is 0 Å². The molecule has 162 valence electrons. The molecule has 0 aliphatic carbocycles. The number of nitrogens with two attached hydrogens (primary N) is 1. The summed E-state index contributed by atoms with van der Waals surface area (Å²) in [5.41, 5.74) is 8.99. The fourth-order valence-corrected chi connectivity index (χ4v) is 5.49. The summed E-state index contributed by atoms with van der Waals surface area (Å²) in [6.45, 7) is 10.1. The van der Waals surface area contributed by atoms with Crippen LogP contribution in [0.1, 0.15) is 65.9 Å². The fraction of sp³-hybridized carbons (Fsp3) is 0.583. The van der Waals surface area contributed by atoms with Gasteiger partial charge in [-0.25, -0.2) is 4.98 Å². The van der Waals surface area contributed by atoms with Crippen molar-refractivity contribution in [3.8, 4) is 0 Å². The van der Waals surface area contributed by atoms with Gasteiger partial charge in [0.15, 0.2) is 11.6 Å². The molecule has 2 N–H and O–H groups in total. The van der Waals surface area contributed by atoms with E-state index in [1.54, 1.807) is 6.92 Å². The molecule has 3 heterocycles. The van der Waals surface area contributed by atoms with E-state index in [0.717, 1.165) is 51.9 Å². The van der Waals surface area contributed by atoms with Gasteiger partial charge in [-0.3, -0.25) is 4.79 Å². The van der Waals surface area contributed by atoms with E-state index in [0.29, 0.717) is 29.9 Å². The fourth-order valence-electron chi connectivity index (χ4n) is 5.49. The molecule has 2 aromatic rings. The van der Waals surface area contributed by atoms with Crippen molar-refractivity contribution in [1.82, 2.24) is 14.8 Å². The Hall–Kier alpha value is -2.18. The maximum absolute atomic E-state index is 13.4. The first-order valence-electron chi connectivity index (χ1n) is 11.2. The monoisotopic (exact) mass is 410 g/mol. The minimum absolute atomic E-state index is 0.00863. The number of likely N-dealkylation sites (tertiary alicyclic amines) is 1. The van der Waals surface area contributed by atoms with Gasteiger partial charge in [0, 0.05) is 31.5 Å². The van der Waals surface area contributed by atoms with Crippen LogP contribution in [0, 0.1) is 13.8 Å². The van der Waals surface area contributed by atoms with Gasteiger partial charge in [-0.15, -0.1) is 0 Å². The zero-order valence-electron chi connectivity index (χ0n) is 18.5. The Kier molecular flexibility index (Phi) is 5.98. The summed E-state index contributed by atoms with van der Waals surface area (Å²) in [6, 6.07) is 9.22. The van der Waals surface area contributed by atoms with Crippen LogP contribution in [0.2, 0.25) is 0 Å². The molecule has 1 unspecified atom stereocenters. The van der Waals surface area contributed by atoms with Gasteiger partial charge in [0.1, 0.15) is 5.76 Å². The lowest BCUT2D eigenvalue weighted by molar-refractivity contribution is 0.0509. The van der Waals surface area contributed by atoms with E-state index < -0.39 is 0 Å². The molecule has 30 heavy (non-hydrogen) atoms. The Morgan fingerprint density at radius 1 is 1.27 bits per heavy atom. The summed E-state index contributed by atoms with van der Waals surface area (Å²) < 4.78 is 5.53. The lowest BCUT2D eigenvalue weighted by Gasteiger charge is -2.50. The molecule has 0 radical (unpaired) electrons. The van der Waals surface area contributed by atoms with E-state index in [1.165, 1.54) is 11.1 Å². The summed E-state index contributed by atoms with van der Waals surface area (Å²) in [4.78, 5) is 22.3. The van der Waals surface area contributed by atoms with E-state index in [-0.39, 0.29) is 11.3 Å². The third kappa shape index (κ3) is 3.79. The van der Waals surface area contributed by atoms with Gasteiger partial charge in [-0.2, -0.15) is 0 Å². The quantitative estimate of drug-likeness (QED) is 0.818. The second-order valence-corrected chi connectivity index (χ2v) is 8.91. The maximum Gasteiger partial charge on any atom is 0.276 e. The molecule has 6 nitrogen and oxygen atoms in total. The van der Waals surface area contributed by atoms with Crippen molar-refractivity contribution in [2.24, 2.45) is 5.73 Å². The predicted molar refractivity (Wildman–Crippen MR) is 117 cm³/mol. The highest BCUT2D eigenvalue weighted by Gasteiger charge is 2.44. The summed E-state index contributed by atoms with van der Waals surface area (Å²) in [5, 5.41) is 0. The van der Waals surface area contributed by atoms with Crippen molar-refractivity contribution in [3.63, 3.8) is 0 Å². The molecule has 2 aliphatic rings. The van der Waals surface area contributed by atoms with Crippen LogP contribution in [0.3, 0.4) is 0 Å². The van der Waals surface area contributed by atoms with Gasteiger partial charge in [0.05, 0.1) is 0 Å². The number of nitrogens with zero attached hydrogens (tertiary/aromatic N) is 3. The number of aryl methyl sites for hydroxylation is 2. The molecule has 2 aliphatic heterocycles. The molecule has 1 amide bonds. The van der Waals surface area contributed by atoms with E-state index in [2.05, 4.69) is 41.1 Å². The molecule has 0 bridgehead atoms. The zero-order chi connectivity index (χ0) is 21.3. The van der Waals surface area contributed by atoms with Crippen molar-refractivity contribution < 1.29 is 9.21 Å². The molecule has 0 saturated carbocycles. The number of oxazole rings is 1. The Morgan fingerprint density at radius 2 is 2.00 bits per heavy atom. The summed E-state index contributed by atoms with van der Waals surface area (Å²) in [5.74, 6) is 1.13. The normalized spacial score (nSPS) is 19.7. The largest absolute Gasteiger partial charge is 0.445 e. The van der Waals surface area contributed by atoms with Crippen LogP contribution in [0.4, 0.5) is 0 Å².